The Morgan fingerprint density at radius 2 is 1.64 bits per heavy atom. The summed E-state index contributed by atoms with van der Waals surface area (Å²) in [7, 11) is 1.76. The van der Waals surface area contributed by atoms with Crippen molar-refractivity contribution in [2.45, 2.75) is 32.5 Å². The van der Waals surface area contributed by atoms with E-state index >= 15 is 0 Å². The average Bonchev–Trinajstić information content (AvgIpc) is 3.51. The van der Waals surface area contributed by atoms with E-state index in [0.29, 0.717) is 50.5 Å². The molecule has 0 radical (unpaired) electrons. The van der Waals surface area contributed by atoms with Gasteiger partial charge in [-0.25, -0.2) is 0 Å². The number of benzene rings is 1. The zero-order valence-corrected chi connectivity index (χ0v) is 20.2. The molecule has 0 bridgehead atoms. The Morgan fingerprint density at radius 3 is 2.42 bits per heavy atom. The number of hydrogen-bond donors (Lipinski definition) is 0. The SMILES string of the molecule is Cn1nccc1C(=O)N1CCc2c(c(C(=O)N3CCc4ccccc4C3)nn2Cc2ccccn2)C1. The minimum absolute atomic E-state index is 0.0876. The van der Waals surface area contributed by atoms with Gasteiger partial charge in [0.25, 0.3) is 11.8 Å². The number of pyridine rings is 1. The number of carbonyl (C=O) groups is 2. The Kier molecular flexibility index (Phi) is 5.59. The molecule has 9 heteroatoms. The molecule has 1 aromatic carbocycles. The van der Waals surface area contributed by atoms with Gasteiger partial charge in [-0.15, -0.1) is 0 Å². The van der Waals surface area contributed by atoms with Gasteiger partial charge in [0.15, 0.2) is 5.69 Å². The number of aryl methyl sites for hydroxylation is 1. The van der Waals surface area contributed by atoms with Crippen LogP contribution in [0.2, 0.25) is 0 Å². The molecule has 0 unspecified atom stereocenters. The maximum absolute atomic E-state index is 13.8. The number of carbonyl (C=O) groups excluding carboxylic acids is 2. The molecule has 0 atom stereocenters. The third-order valence-electron chi connectivity index (χ3n) is 7.12. The summed E-state index contributed by atoms with van der Waals surface area (Å²) in [5.41, 5.74) is 6.13. The molecule has 36 heavy (non-hydrogen) atoms. The average molecular weight is 482 g/mol. The quantitative estimate of drug-likeness (QED) is 0.447. The van der Waals surface area contributed by atoms with E-state index in [1.165, 1.54) is 11.1 Å². The molecular weight excluding hydrogens is 454 g/mol. The maximum atomic E-state index is 13.8. The second-order valence-electron chi connectivity index (χ2n) is 9.31. The van der Waals surface area contributed by atoms with E-state index in [1.807, 2.05) is 39.9 Å². The van der Waals surface area contributed by atoms with Crippen LogP contribution in [0.25, 0.3) is 0 Å². The van der Waals surface area contributed by atoms with Crippen molar-refractivity contribution in [1.82, 2.24) is 34.3 Å². The van der Waals surface area contributed by atoms with Crippen LogP contribution in [0.5, 0.6) is 0 Å². The summed E-state index contributed by atoms with van der Waals surface area (Å²) >= 11 is 0. The fourth-order valence-corrected chi connectivity index (χ4v) is 5.18. The van der Waals surface area contributed by atoms with Gasteiger partial charge in [0.1, 0.15) is 5.69 Å². The predicted molar refractivity (Wildman–Crippen MR) is 132 cm³/mol. The monoisotopic (exact) mass is 481 g/mol. The summed E-state index contributed by atoms with van der Waals surface area (Å²) in [5, 5.41) is 8.96. The van der Waals surface area contributed by atoms with Gasteiger partial charge >= 0.3 is 0 Å². The summed E-state index contributed by atoms with van der Waals surface area (Å²) in [4.78, 5) is 35.2. The largest absolute Gasteiger partial charge is 0.333 e. The third kappa shape index (κ3) is 3.96. The summed E-state index contributed by atoms with van der Waals surface area (Å²) < 4.78 is 3.48. The van der Waals surface area contributed by atoms with E-state index in [2.05, 4.69) is 22.2 Å². The highest BCUT2D eigenvalue weighted by atomic mass is 16.2. The molecule has 2 aliphatic heterocycles. The van der Waals surface area contributed by atoms with Crippen LogP contribution in [0.15, 0.2) is 60.9 Å². The molecule has 4 aromatic rings. The van der Waals surface area contributed by atoms with Crippen molar-refractivity contribution in [3.05, 3.63) is 100 Å². The molecule has 0 saturated carbocycles. The number of amides is 2. The smallest absolute Gasteiger partial charge is 0.275 e. The number of fused-ring (bicyclic) bond motifs is 2. The highest BCUT2D eigenvalue weighted by Gasteiger charge is 2.33. The number of rotatable bonds is 4. The topological polar surface area (TPSA) is 89.2 Å². The Hall–Kier alpha value is -4.27. The predicted octanol–water partition coefficient (Wildman–Crippen LogP) is 2.46. The molecule has 0 aliphatic carbocycles. The van der Waals surface area contributed by atoms with Crippen molar-refractivity contribution in [3.8, 4) is 0 Å². The molecule has 0 spiro atoms. The molecule has 5 heterocycles. The lowest BCUT2D eigenvalue weighted by molar-refractivity contribution is 0.0697. The van der Waals surface area contributed by atoms with Crippen LogP contribution in [0.1, 0.15) is 49.1 Å². The first-order valence-electron chi connectivity index (χ1n) is 12.2. The van der Waals surface area contributed by atoms with Gasteiger partial charge in [-0.05, 0) is 35.7 Å². The molecule has 6 rings (SSSR count). The van der Waals surface area contributed by atoms with Gasteiger partial charge in [0.05, 0.1) is 18.8 Å². The van der Waals surface area contributed by atoms with E-state index in [9.17, 15) is 9.59 Å². The fraction of sp³-hybridized carbons (Fsp3) is 0.296. The van der Waals surface area contributed by atoms with Crippen molar-refractivity contribution in [3.63, 3.8) is 0 Å². The standard InChI is InChI=1S/C27H27N7O2/c1-31-24(9-13-29-31)26(35)33-15-11-23-22(18-33)25(30-34(23)17-21-8-4-5-12-28-21)27(36)32-14-10-19-6-2-3-7-20(19)16-32/h2-9,12-13H,10-11,14-18H2,1H3. The molecule has 2 amide bonds. The van der Waals surface area contributed by atoms with Crippen molar-refractivity contribution >= 4 is 11.8 Å². The molecule has 0 saturated heterocycles. The minimum atomic E-state index is -0.0941. The highest BCUT2D eigenvalue weighted by molar-refractivity contribution is 5.95. The lowest BCUT2D eigenvalue weighted by atomic mass is 9.99. The van der Waals surface area contributed by atoms with E-state index in [0.717, 1.165) is 23.4 Å². The zero-order valence-electron chi connectivity index (χ0n) is 20.2. The summed E-state index contributed by atoms with van der Waals surface area (Å²) in [5.74, 6) is -0.182. The number of nitrogens with zero attached hydrogens (tertiary/aromatic N) is 7. The van der Waals surface area contributed by atoms with Gasteiger partial charge in [-0.3, -0.25) is 23.9 Å². The van der Waals surface area contributed by atoms with E-state index in [-0.39, 0.29) is 11.8 Å². The van der Waals surface area contributed by atoms with Gasteiger partial charge in [-0.1, -0.05) is 30.3 Å². The van der Waals surface area contributed by atoms with Gasteiger partial charge in [-0.2, -0.15) is 10.2 Å². The normalized spacial score (nSPS) is 14.9. The van der Waals surface area contributed by atoms with Crippen LogP contribution >= 0.6 is 0 Å². The van der Waals surface area contributed by atoms with Crippen molar-refractivity contribution in [2.24, 2.45) is 7.05 Å². The fourth-order valence-electron chi connectivity index (χ4n) is 5.18. The summed E-state index contributed by atoms with van der Waals surface area (Å²) in [6, 6.07) is 15.8. The Labute approximate surface area is 209 Å². The third-order valence-corrected chi connectivity index (χ3v) is 7.12. The molecule has 3 aromatic heterocycles. The lowest BCUT2D eigenvalue weighted by Crippen LogP contribution is -2.39. The summed E-state index contributed by atoms with van der Waals surface area (Å²) in [6.45, 7) is 2.58. The van der Waals surface area contributed by atoms with Crippen LogP contribution in [0.3, 0.4) is 0 Å². The second-order valence-corrected chi connectivity index (χ2v) is 9.31. The Morgan fingerprint density at radius 1 is 0.861 bits per heavy atom. The van der Waals surface area contributed by atoms with Gasteiger partial charge in [0.2, 0.25) is 0 Å². The first-order valence-corrected chi connectivity index (χ1v) is 12.2. The summed E-state index contributed by atoms with van der Waals surface area (Å²) in [6.07, 6.45) is 4.83. The Balaban J connectivity index is 1.34. The van der Waals surface area contributed by atoms with Crippen molar-refractivity contribution in [1.29, 1.82) is 0 Å². The van der Waals surface area contributed by atoms with Gasteiger partial charge in [0, 0.05) is 56.8 Å². The molecule has 9 nitrogen and oxygen atoms in total. The first kappa shape index (κ1) is 22.2. The van der Waals surface area contributed by atoms with Crippen LogP contribution in [0.4, 0.5) is 0 Å². The number of hydrogen-bond acceptors (Lipinski definition) is 5. The molecule has 0 N–H and O–H groups in total. The van der Waals surface area contributed by atoms with Crippen molar-refractivity contribution < 1.29 is 9.59 Å². The molecule has 182 valence electrons. The molecule has 2 aliphatic rings. The highest BCUT2D eigenvalue weighted by Crippen LogP contribution is 2.27. The van der Waals surface area contributed by atoms with Crippen LogP contribution < -0.4 is 0 Å². The van der Waals surface area contributed by atoms with Gasteiger partial charge < -0.3 is 9.80 Å². The maximum Gasteiger partial charge on any atom is 0.275 e. The minimum Gasteiger partial charge on any atom is -0.333 e. The van der Waals surface area contributed by atoms with E-state index in [1.54, 1.807) is 35.1 Å². The van der Waals surface area contributed by atoms with Crippen LogP contribution in [-0.2, 0) is 39.5 Å². The zero-order chi connectivity index (χ0) is 24.6. The lowest BCUT2D eigenvalue weighted by Gasteiger charge is -2.30. The Bertz CT molecular complexity index is 1440. The second kappa shape index (κ2) is 9.07. The number of aromatic nitrogens is 5. The van der Waals surface area contributed by atoms with Crippen LogP contribution in [0, 0.1) is 0 Å². The van der Waals surface area contributed by atoms with E-state index in [4.69, 9.17) is 5.10 Å². The van der Waals surface area contributed by atoms with Crippen molar-refractivity contribution in [2.75, 3.05) is 13.1 Å². The first-order chi connectivity index (χ1) is 17.6. The molecule has 0 fully saturated rings. The van der Waals surface area contributed by atoms with Crippen LogP contribution in [-0.4, -0.2) is 59.2 Å². The van der Waals surface area contributed by atoms with E-state index < -0.39 is 0 Å². The molecular formula is C27H27N7O2.